The van der Waals surface area contributed by atoms with E-state index >= 15 is 0 Å². The van der Waals surface area contributed by atoms with E-state index < -0.39 is 35.4 Å². The van der Waals surface area contributed by atoms with Crippen LogP contribution in [0.25, 0.3) is 0 Å². The summed E-state index contributed by atoms with van der Waals surface area (Å²) in [4.78, 5) is 42.8. The van der Waals surface area contributed by atoms with Crippen LogP contribution in [0, 0.1) is 0 Å². The minimum atomic E-state index is -0.914. The van der Waals surface area contributed by atoms with Crippen LogP contribution in [-0.2, 0) is 25.6 Å². The van der Waals surface area contributed by atoms with E-state index in [1.54, 1.807) is 38.7 Å². The zero-order valence-corrected chi connectivity index (χ0v) is 23.5. The number of hydrogen-bond donors (Lipinski definition) is 0. The summed E-state index contributed by atoms with van der Waals surface area (Å²) in [6.07, 6.45) is 3.66. The predicted molar refractivity (Wildman–Crippen MR) is 143 cm³/mol. The number of benzene rings is 1. The monoisotopic (exact) mass is 516 g/mol. The molecule has 1 aromatic rings. The lowest BCUT2D eigenvalue weighted by atomic mass is 9.93. The van der Waals surface area contributed by atoms with Crippen LogP contribution in [0.4, 0.5) is 9.59 Å². The molecule has 1 saturated heterocycles. The molecular formula is C29H44N2O6. The van der Waals surface area contributed by atoms with Gasteiger partial charge in [0.15, 0.2) is 0 Å². The molecule has 0 unspecified atom stereocenters. The van der Waals surface area contributed by atoms with Crippen LogP contribution in [0.1, 0.15) is 79.7 Å². The Kier molecular flexibility index (Phi) is 10.6. The van der Waals surface area contributed by atoms with Crippen molar-refractivity contribution in [3.63, 3.8) is 0 Å². The maximum absolute atomic E-state index is 13.4. The van der Waals surface area contributed by atoms with Gasteiger partial charge in [-0.05, 0) is 79.7 Å². The molecular weight excluding hydrogens is 472 g/mol. The minimum Gasteiger partial charge on any atom is -0.458 e. The molecule has 0 radical (unpaired) electrons. The summed E-state index contributed by atoms with van der Waals surface area (Å²) >= 11 is 0. The zero-order valence-electron chi connectivity index (χ0n) is 23.5. The molecule has 2 amide bonds. The topological polar surface area (TPSA) is 85.4 Å². The van der Waals surface area contributed by atoms with Crippen molar-refractivity contribution < 1.29 is 28.6 Å². The Morgan fingerprint density at radius 1 is 1.03 bits per heavy atom. The highest BCUT2D eigenvalue weighted by Gasteiger charge is 2.40. The molecule has 0 saturated carbocycles. The lowest BCUT2D eigenvalue weighted by Gasteiger charge is -2.44. The Morgan fingerprint density at radius 2 is 1.62 bits per heavy atom. The molecule has 1 fully saturated rings. The molecule has 37 heavy (non-hydrogen) atoms. The van der Waals surface area contributed by atoms with Gasteiger partial charge in [-0.25, -0.2) is 14.4 Å². The summed E-state index contributed by atoms with van der Waals surface area (Å²) in [5.74, 6) is -0.536. The van der Waals surface area contributed by atoms with Crippen molar-refractivity contribution in [3.05, 3.63) is 48.6 Å². The maximum Gasteiger partial charge on any atom is 0.410 e. The summed E-state index contributed by atoms with van der Waals surface area (Å²) in [6, 6.07) is 7.96. The van der Waals surface area contributed by atoms with E-state index in [0.29, 0.717) is 12.8 Å². The van der Waals surface area contributed by atoms with E-state index in [2.05, 4.69) is 6.58 Å². The molecule has 1 heterocycles. The molecule has 0 aliphatic carbocycles. The fourth-order valence-electron chi connectivity index (χ4n) is 4.32. The standard InChI is InChI=1S/C29H44N2O6/c1-9-14-23-17-13-18-24(31(23)27(34)37-29(6,7)8)19-30(21(2)25(32)36-28(3,4)5)26(33)35-20-22-15-11-10-12-16-22/h9-12,15-16,21,23-24H,1,13-14,17-20H2,2-8H3/t21-,23-,24-/m0/s1. The molecule has 8 heteroatoms. The van der Waals surface area contributed by atoms with Crippen LogP contribution < -0.4 is 0 Å². The van der Waals surface area contributed by atoms with Crippen LogP contribution in [0.3, 0.4) is 0 Å². The average molecular weight is 517 g/mol. The third-order valence-electron chi connectivity index (χ3n) is 5.97. The van der Waals surface area contributed by atoms with Gasteiger partial charge in [-0.15, -0.1) is 6.58 Å². The number of ether oxygens (including phenoxy) is 3. The number of esters is 1. The van der Waals surface area contributed by atoms with Gasteiger partial charge in [-0.3, -0.25) is 4.90 Å². The molecule has 3 atom stereocenters. The number of piperidine rings is 1. The van der Waals surface area contributed by atoms with Crippen LogP contribution in [0.5, 0.6) is 0 Å². The fourth-order valence-corrected chi connectivity index (χ4v) is 4.32. The van der Waals surface area contributed by atoms with Crippen molar-refractivity contribution in [2.45, 2.75) is 110 Å². The van der Waals surface area contributed by atoms with E-state index in [4.69, 9.17) is 14.2 Å². The van der Waals surface area contributed by atoms with Gasteiger partial charge in [0.2, 0.25) is 0 Å². The Labute approximate surface area is 221 Å². The molecule has 8 nitrogen and oxygen atoms in total. The summed E-state index contributed by atoms with van der Waals surface area (Å²) in [5.41, 5.74) is -0.552. The van der Waals surface area contributed by atoms with E-state index in [0.717, 1.165) is 18.4 Å². The summed E-state index contributed by atoms with van der Waals surface area (Å²) < 4.78 is 16.9. The highest BCUT2D eigenvalue weighted by atomic mass is 16.6. The van der Waals surface area contributed by atoms with Crippen molar-refractivity contribution in [3.8, 4) is 0 Å². The highest BCUT2D eigenvalue weighted by Crippen LogP contribution is 2.29. The summed E-state index contributed by atoms with van der Waals surface area (Å²) in [6.45, 7) is 16.5. The second-order valence-electron chi connectivity index (χ2n) is 11.6. The Hall–Kier alpha value is -3.03. The van der Waals surface area contributed by atoms with Gasteiger partial charge < -0.3 is 19.1 Å². The largest absolute Gasteiger partial charge is 0.458 e. The van der Waals surface area contributed by atoms with Crippen LogP contribution in [0.15, 0.2) is 43.0 Å². The number of rotatable bonds is 8. The van der Waals surface area contributed by atoms with Crippen molar-refractivity contribution in [1.29, 1.82) is 0 Å². The van der Waals surface area contributed by atoms with Gasteiger partial charge in [0, 0.05) is 12.6 Å². The van der Waals surface area contributed by atoms with E-state index in [-0.39, 0.29) is 25.2 Å². The molecule has 1 aromatic carbocycles. The minimum absolute atomic E-state index is 0.0662. The van der Waals surface area contributed by atoms with Crippen LogP contribution in [0.2, 0.25) is 0 Å². The number of carbonyl (C=O) groups excluding carboxylic acids is 3. The van der Waals surface area contributed by atoms with E-state index in [1.165, 1.54) is 4.90 Å². The molecule has 0 N–H and O–H groups in total. The van der Waals surface area contributed by atoms with Crippen molar-refractivity contribution in [2.24, 2.45) is 0 Å². The Morgan fingerprint density at radius 3 is 2.19 bits per heavy atom. The normalized spacial score (nSPS) is 18.9. The second kappa shape index (κ2) is 13.0. The van der Waals surface area contributed by atoms with Gasteiger partial charge in [0.1, 0.15) is 23.9 Å². The summed E-state index contributed by atoms with van der Waals surface area (Å²) in [7, 11) is 0. The van der Waals surface area contributed by atoms with Crippen molar-refractivity contribution in [2.75, 3.05) is 6.54 Å². The molecule has 0 bridgehead atoms. The quantitative estimate of drug-likeness (QED) is 0.236. The zero-order chi connectivity index (χ0) is 27.8. The van der Waals surface area contributed by atoms with Crippen LogP contribution in [-0.4, -0.2) is 63.8 Å². The first-order valence-corrected chi connectivity index (χ1v) is 13.0. The molecule has 0 spiro atoms. The second-order valence-corrected chi connectivity index (χ2v) is 11.6. The molecule has 206 valence electrons. The van der Waals surface area contributed by atoms with Crippen LogP contribution >= 0.6 is 0 Å². The first-order chi connectivity index (χ1) is 17.2. The van der Waals surface area contributed by atoms with E-state index in [9.17, 15) is 14.4 Å². The number of likely N-dealkylation sites (tertiary alicyclic amines) is 1. The van der Waals surface area contributed by atoms with Crippen molar-refractivity contribution >= 4 is 18.2 Å². The van der Waals surface area contributed by atoms with Gasteiger partial charge in [-0.1, -0.05) is 36.4 Å². The highest BCUT2D eigenvalue weighted by molar-refractivity contribution is 5.81. The van der Waals surface area contributed by atoms with Gasteiger partial charge in [-0.2, -0.15) is 0 Å². The van der Waals surface area contributed by atoms with Gasteiger partial charge in [0.05, 0.1) is 6.04 Å². The fraction of sp³-hybridized carbons (Fsp3) is 0.621. The van der Waals surface area contributed by atoms with Crippen molar-refractivity contribution in [1.82, 2.24) is 9.80 Å². The smallest absolute Gasteiger partial charge is 0.410 e. The molecule has 2 rings (SSSR count). The van der Waals surface area contributed by atoms with Gasteiger partial charge >= 0.3 is 18.2 Å². The van der Waals surface area contributed by atoms with E-state index in [1.807, 2.05) is 51.1 Å². The molecule has 1 aliphatic rings. The lowest BCUT2D eigenvalue weighted by molar-refractivity contribution is -0.160. The first kappa shape index (κ1) is 30.2. The number of hydrogen-bond acceptors (Lipinski definition) is 6. The average Bonchev–Trinajstić information content (AvgIpc) is 2.79. The third kappa shape index (κ3) is 9.74. The summed E-state index contributed by atoms with van der Waals surface area (Å²) in [5, 5.41) is 0. The maximum atomic E-state index is 13.4. The first-order valence-electron chi connectivity index (χ1n) is 13.0. The number of nitrogens with zero attached hydrogens (tertiary/aromatic N) is 2. The van der Waals surface area contributed by atoms with Gasteiger partial charge in [0.25, 0.3) is 0 Å². The number of carbonyl (C=O) groups is 3. The predicted octanol–water partition coefficient (Wildman–Crippen LogP) is 6.09. The Balaban J connectivity index is 2.33. The number of amides is 2. The molecule has 1 aliphatic heterocycles. The lowest BCUT2D eigenvalue weighted by Crippen LogP contribution is -2.58. The third-order valence-corrected chi connectivity index (χ3v) is 5.97. The molecule has 0 aromatic heterocycles. The SMILES string of the molecule is C=CC[C@H]1CCC[C@@H](CN(C(=O)OCc2ccccc2)[C@@H](C)C(=O)OC(C)(C)C)N1C(=O)OC(C)(C)C. The Bertz CT molecular complexity index is 919.